The molecule has 3 N–H and O–H groups in total. The van der Waals surface area contributed by atoms with Crippen LogP contribution >= 0.6 is 34.5 Å². The molecule has 0 saturated heterocycles. The Kier molecular flexibility index (Phi) is 6.11. The zero-order valence-corrected chi connectivity index (χ0v) is 17.5. The molecule has 2 amide bonds. The number of hydrogen-bond donors (Lipinski definition) is 2. The molecule has 1 heterocycles. The second-order valence-corrected chi connectivity index (χ2v) is 8.61. The van der Waals surface area contributed by atoms with E-state index < -0.39 is 11.9 Å². The number of thiophene rings is 1. The maximum absolute atomic E-state index is 12.7. The summed E-state index contributed by atoms with van der Waals surface area (Å²) in [6, 6.07) is 5.00. The second kappa shape index (κ2) is 8.19. The molecule has 0 bridgehead atoms. The summed E-state index contributed by atoms with van der Waals surface area (Å²) in [4.78, 5) is 27.6. The molecule has 5 nitrogen and oxygen atoms in total. The number of aryl methyl sites for hydroxylation is 1. The molecule has 8 heteroatoms. The first-order valence-electron chi connectivity index (χ1n) is 8.68. The van der Waals surface area contributed by atoms with Crippen molar-refractivity contribution in [3.8, 4) is 0 Å². The SMILES string of the molecule is CC(C(=O)Nc1sc2c(c1C(N)=O)CCC2)N(C)Cc1cccc(Cl)c1Cl. The van der Waals surface area contributed by atoms with Crippen LogP contribution in [0.4, 0.5) is 5.00 Å². The van der Waals surface area contributed by atoms with Gasteiger partial charge in [-0.3, -0.25) is 14.5 Å². The number of primary amides is 1. The minimum absolute atomic E-state index is 0.196. The van der Waals surface area contributed by atoms with Crippen molar-refractivity contribution in [3.63, 3.8) is 0 Å². The number of likely N-dealkylation sites (N-methyl/N-ethyl adjacent to an activating group) is 1. The van der Waals surface area contributed by atoms with E-state index in [4.69, 9.17) is 28.9 Å². The Morgan fingerprint density at radius 2 is 2.07 bits per heavy atom. The number of carbonyl (C=O) groups is 2. The van der Waals surface area contributed by atoms with Crippen LogP contribution in [-0.2, 0) is 24.2 Å². The molecule has 1 aliphatic rings. The Morgan fingerprint density at radius 3 is 2.78 bits per heavy atom. The molecule has 1 atom stereocenters. The number of halogens is 2. The first kappa shape index (κ1) is 20.1. The summed E-state index contributed by atoms with van der Waals surface area (Å²) in [5.74, 6) is -0.686. The van der Waals surface area contributed by atoms with Gasteiger partial charge in [0, 0.05) is 11.4 Å². The number of rotatable bonds is 6. The van der Waals surface area contributed by atoms with E-state index >= 15 is 0 Å². The molecule has 0 radical (unpaired) electrons. The Labute approximate surface area is 172 Å². The van der Waals surface area contributed by atoms with Crippen molar-refractivity contribution >= 4 is 51.4 Å². The van der Waals surface area contributed by atoms with E-state index in [1.807, 2.05) is 24.1 Å². The number of anilines is 1. The van der Waals surface area contributed by atoms with Gasteiger partial charge in [-0.05, 0) is 50.4 Å². The molecule has 0 aliphatic heterocycles. The van der Waals surface area contributed by atoms with Gasteiger partial charge in [-0.2, -0.15) is 0 Å². The number of carbonyl (C=O) groups excluding carboxylic acids is 2. The molecule has 3 rings (SSSR count). The van der Waals surface area contributed by atoms with Crippen molar-refractivity contribution in [1.82, 2.24) is 4.90 Å². The topological polar surface area (TPSA) is 75.4 Å². The number of fused-ring (bicyclic) bond motifs is 1. The van der Waals surface area contributed by atoms with E-state index in [-0.39, 0.29) is 5.91 Å². The van der Waals surface area contributed by atoms with Gasteiger partial charge in [0.25, 0.3) is 5.91 Å². The fourth-order valence-electron chi connectivity index (χ4n) is 3.25. The molecule has 1 aromatic carbocycles. The van der Waals surface area contributed by atoms with Gasteiger partial charge >= 0.3 is 0 Å². The normalized spacial score (nSPS) is 14.3. The van der Waals surface area contributed by atoms with E-state index in [1.165, 1.54) is 11.3 Å². The highest BCUT2D eigenvalue weighted by Gasteiger charge is 2.28. The zero-order valence-electron chi connectivity index (χ0n) is 15.1. The molecule has 144 valence electrons. The average molecular weight is 426 g/mol. The van der Waals surface area contributed by atoms with Crippen LogP contribution in [0.15, 0.2) is 18.2 Å². The van der Waals surface area contributed by atoms with Gasteiger partial charge in [-0.15, -0.1) is 11.3 Å². The monoisotopic (exact) mass is 425 g/mol. The third kappa shape index (κ3) is 4.14. The van der Waals surface area contributed by atoms with Crippen LogP contribution in [0.5, 0.6) is 0 Å². The fraction of sp³-hybridized carbons (Fsp3) is 0.368. The number of nitrogens with one attached hydrogen (secondary N) is 1. The van der Waals surface area contributed by atoms with Gasteiger partial charge < -0.3 is 11.1 Å². The van der Waals surface area contributed by atoms with Gasteiger partial charge in [0.2, 0.25) is 5.91 Å². The van der Waals surface area contributed by atoms with Crippen molar-refractivity contribution in [2.45, 2.75) is 38.8 Å². The van der Waals surface area contributed by atoms with Crippen LogP contribution in [-0.4, -0.2) is 29.8 Å². The molecular weight excluding hydrogens is 405 g/mol. The van der Waals surface area contributed by atoms with Gasteiger partial charge in [-0.1, -0.05) is 35.3 Å². The van der Waals surface area contributed by atoms with Crippen molar-refractivity contribution in [2.24, 2.45) is 5.73 Å². The van der Waals surface area contributed by atoms with Crippen LogP contribution in [0, 0.1) is 0 Å². The molecule has 0 spiro atoms. The predicted octanol–water partition coefficient (Wildman–Crippen LogP) is 4.10. The van der Waals surface area contributed by atoms with Gasteiger partial charge in [0.15, 0.2) is 0 Å². The third-order valence-corrected chi connectivity index (χ3v) is 6.96. The zero-order chi connectivity index (χ0) is 19.7. The Bertz CT molecular complexity index is 897. The summed E-state index contributed by atoms with van der Waals surface area (Å²) in [7, 11) is 1.84. The van der Waals surface area contributed by atoms with Crippen LogP contribution in [0.3, 0.4) is 0 Å². The lowest BCUT2D eigenvalue weighted by atomic mass is 10.1. The second-order valence-electron chi connectivity index (χ2n) is 6.72. The number of nitrogens with two attached hydrogens (primary N) is 1. The lowest BCUT2D eigenvalue weighted by Gasteiger charge is -2.24. The minimum Gasteiger partial charge on any atom is -0.365 e. The van der Waals surface area contributed by atoms with Gasteiger partial charge in [-0.25, -0.2) is 0 Å². The molecule has 0 saturated carbocycles. The van der Waals surface area contributed by atoms with Crippen LogP contribution < -0.4 is 11.1 Å². The summed E-state index contributed by atoms with van der Waals surface area (Å²) in [6.07, 6.45) is 2.79. The molecule has 1 aliphatic carbocycles. The largest absolute Gasteiger partial charge is 0.365 e. The number of benzene rings is 1. The maximum atomic E-state index is 12.7. The molecule has 2 aromatic rings. The summed E-state index contributed by atoms with van der Waals surface area (Å²) < 4.78 is 0. The van der Waals surface area contributed by atoms with Crippen molar-refractivity contribution in [1.29, 1.82) is 0 Å². The van der Waals surface area contributed by atoms with E-state index in [0.717, 1.165) is 35.3 Å². The predicted molar refractivity (Wildman–Crippen MR) is 111 cm³/mol. The third-order valence-electron chi connectivity index (χ3n) is 4.90. The van der Waals surface area contributed by atoms with Crippen LogP contribution in [0.2, 0.25) is 10.0 Å². The highest BCUT2D eigenvalue weighted by molar-refractivity contribution is 7.17. The lowest BCUT2D eigenvalue weighted by Crippen LogP contribution is -2.39. The van der Waals surface area contributed by atoms with E-state index in [2.05, 4.69) is 5.32 Å². The molecule has 27 heavy (non-hydrogen) atoms. The number of hydrogen-bond acceptors (Lipinski definition) is 4. The smallest absolute Gasteiger partial charge is 0.251 e. The van der Waals surface area contributed by atoms with Crippen LogP contribution in [0.1, 0.15) is 39.7 Å². The van der Waals surface area contributed by atoms with Crippen molar-refractivity contribution in [2.75, 3.05) is 12.4 Å². The highest BCUT2D eigenvalue weighted by Crippen LogP contribution is 2.39. The fourth-order valence-corrected chi connectivity index (χ4v) is 4.92. The number of amides is 2. The van der Waals surface area contributed by atoms with Gasteiger partial charge in [0.1, 0.15) is 5.00 Å². The first-order valence-corrected chi connectivity index (χ1v) is 10.2. The van der Waals surface area contributed by atoms with E-state index in [9.17, 15) is 9.59 Å². The quantitative estimate of drug-likeness (QED) is 0.730. The number of nitrogens with zero attached hydrogens (tertiary/aromatic N) is 1. The molecule has 1 aromatic heterocycles. The summed E-state index contributed by atoms with van der Waals surface area (Å²) in [6.45, 7) is 2.27. The summed E-state index contributed by atoms with van der Waals surface area (Å²) in [5.41, 5.74) is 7.86. The Balaban J connectivity index is 1.73. The first-order chi connectivity index (χ1) is 12.8. The standard InChI is InChI=1S/C19H21Cl2N3O2S/c1-10(24(2)9-11-5-3-7-13(20)16(11)21)18(26)23-19-15(17(22)25)12-6-4-8-14(12)27-19/h3,5,7,10H,4,6,8-9H2,1-2H3,(H2,22,25)(H,23,26). The van der Waals surface area contributed by atoms with Crippen molar-refractivity contribution < 1.29 is 9.59 Å². The van der Waals surface area contributed by atoms with E-state index in [0.29, 0.717) is 27.2 Å². The maximum Gasteiger partial charge on any atom is 0.251 e. The molecular formula is C19H21Cl2N3O2S. The molecule has 0 fully saturated rings. The van der Waals surface area contributed by atoms with Crippen molar-refractivity contribution in [3.05, 3.63) is 49.8 Å². The van der Waals surface area contributed by atoms with E-state index in [1.54, 1.807) is 13.0 Å². The minimum atomic E-state index is -0.489. The Morgan fingerprint density at radius 1 is 1.33 bits per heavy atom. The lowest BCUT2D eigenvalue weighted by molar-refractivity contribution is -0.120. The Hall–Kier alpha value is -1.60. The average Bonchev–Trinajstić information content (AvgIpc) is 3.18. The molecule has 1 unspecified atom stereocenters. The van der Waals surface area contributed by atoms with Crippen LogP contribution in [0.25, 0.3) is 0 Å². The summed E-state index contributed by atoms with van der Waals surface area (Å²) >= 11 is 13.8. The highest BCUT2D eigenvalue weighted by atomic mass is 35.5. The van der Waals surface area contributed by atoms with Gasteiger partial charge in [0.05, 0.1) is 21.7 Å². The summed E-state index contributed by atoms with van der Waals surface area (Å²) in [5, 5.41) is 4.42.